The van der Waals surface area contributed by atoms with Gasteiger partial charge >= 0.3 is 0 Å². The minimum absolute atomic E-state index is 0.166. The third kappa shape index (κ3) is 3.31. The molecule has 2 atom stereocenters. The van der Waals surface area contributed by atoms with Crippen LogP contribution in [0.25, 0.3) is 0 Å². The van der Waals surface area contributed by atoms with Gasteiger partial charge in [0.15, 0.2) is 0 Å². The number of hydroxylamine groups is 2. The molecule has 0 aliphatic carbocycles. The zero-order valence-corrected chi connectivity index (χ0v) is 13.0. The van der Waals surface area contributed by atoms with Gasteiger partial charge < -0.3 is 10.6 Å². The zero-order chi connectivity index (χ0) is 14.0. The molecule has 2 N–H and O–H groups in total. The van der Waals surface area contributed by atoms with Crippen LogP contribution >= 0.6 is 11.3 Å². The summed E-state index contributed by atoms with van der Waals surface area (Å²) >= 11 is 1.85. The van der Waals surface area contributed by atoms with E-state index >= 15 is 0 Å². The van der Waals surface area contributed by atoms with Crippen LogP contribution in [0.5, 0.6) is 0 Å². The molecular weight excluding hydrogens is 256 g/mol. The fourth-order valence-electron chi connectivity index (χ4n) is 2.54. The highest BCUT2D eigenvalue weighted by molar-refractivity contribution is 7.12. The van der Waals surface area contributed by atoms with Crippen molar-refractivity contribution >= 4 is 11.3 Å². The molecule has 0 fully saturated rings. The lowest BCUT2D eigenvalue weighted by Gasteiger charge is -2.29. The summed E-state index contributed by atoms with van der Waals surface area (Å²) in [5.41, 5.74) is 5.86. The van der Waals surface area contributed by atoms with E-state index in [1.54, 1.807) is 0 Å². The Morgan fingerprint density at radius 3 is 2.68 bits per heavy atom. The summed E-state index contributed by atoms with van der Waals surface area (Å²) in [5.74, 6) is 1.17. The van der Waals surface area contributed by atoms with Crippen LogP contribution < -0.4 is 5.73 Å². The quantitative estimate of drug-likeness (QED) is 0.890. The molecule has 1 aromatic rings. The van der Waals surface area contributed by atoms with Gasteiger partial charge in [-0.1, -0.05) is 20.8 Å². The first-order chi connectivity index (χ1) is 9.01. The molecule has 106 valence electrons. The average Bonchev–Trinajstić information content (AvgIpc) is 2.93. The number of nitrogens with zero attached hydrogens (tertiary/aromatic N) is 1. The van der Waals surface area contributed by atoms with Gasteiger partial charge in [-0.15, -0.1) is 16.4 Å². The standard InChI is InChI=1S/C15H24N2OS/c1-5-12-6-7-14(19-12)13-9-15(16)18-17(13)11(4)8-10(2)3/h6-7,9-11,13H,5,8,16H2,1-4H3. The molecule has 0 amide bonds. The summed E-state index contributed by atoms with van der Waals surface area (Å²) in [4.78, 5) is 8.43. The first-order valence-corrected chi connectivity index (χ1v) is 7.85. The maximum atomic E-state index is 5.86. The maximum Gasteiger partial charge on any atom is 0.207 e. The third-order valence-corrected chi connectivity index (χ3v) is 4.68. The van der Waals surface area contributed by atoms with Crippen molar-refractivity contribution in [2.75, 3.05) is 0 Å². The molecule has 0 saturated carbocycles. The normalized spacial score (nSPS) is 21.5. The molecule has 1 aliphatic rings. The molecule has 0 saturated heterocycles. The van der Waals surface area contributed by atoms with Crippen LogP contribution in [-0.4, -0.2) is 11.1 Å². The van der Waals surface area contributed by atoms with Crippen LogP contribution in [0.4, 0.5) is 0 Å². The Morgan fingerprint density at radius 2 is 2.11 bits per heavy atom. The van der Waals surface area contributed by atoms with Crippen molar-refractivity contribution in [2.45, 2.75) is 52.6 Å². The minimum atomic E-state index is 0.166. The highest BCUT2D eigenvalue weighted by Crippen LogP contribution is 2.36. The van der Waals surface area contributed by atoms with Gasteiger partial charge in [-0.2, -0.15) is 0 Å². The van der Waals surface area contributed by atoms with E-state index in [-0.39, 0.29) is 6.04 Å². The van der Waals surface area contributed by atoms with Crippen molar-refractivity contribution in [1.29, 1.82) is 0 Å². The highest BCUT2D eigenvalue weighted by Gasteiger charge is 2.32. The Labute approximate surface area is 120 Å². The van der Waals surface area contributed by atoms with E-state index in [9.17, 15) is 0 Å². The van der Waals surface area contributed by atoms with Crippen molar-refractivity contribution in [3.05, 3.63) is 33.8 Å². The van der Waals surface area contributed by atoms with Crippen molar-refractivity contribution < 1.29 is 4.84 Å². The molecule has 0 radical (unpaired) electrons. The van der Waals surface area contributed by atoms with Gasteiger partial charge in [0, 0.05) is 21.9 Å². The van der Waals surface area contributed by atoms with Crippen molar-refractivity contribution in [3.63, 3.8) is 0 Å². The van der Waals surface area contributed by atoms with Gasteiger partial charge in [-0.05, 0) is 37.8 Å². The predicted molar refractivity (Wildman–Crippen MR) is 80.5 cm³/mol. The largest absolute Gasteiger partial charge is 0.387 e. The van der Waals surface area contributed by atoms with Crippen LogP contribution in [0.3, 0.4) is 0 Å². The molecule has 2 heterocycles. The smallest absolute Gasteiger partial charge is 0.207 e. The van der Waals surface area contributed by atoms with Crippen molar-refractivity contribution in [2.24, 2.45) is 11.7 Å². The number of rotatable bonds is 5. The number of hydrogen-bond acceptors (Lipinski definition) is 4. The van der Waals surface area contributed by atoms with Crippen LogP contribution in [0, 0.1) is 5.92 Å². The fourth-order valence-corrected chi connectivity index (χ4v) is 3.55. The van der Waals surface area contributed by atoms with E-state index < -0.39 is 0 Å². The predicted octanol–water partition coefficient (Wildman–Crippen LogP) is 3.83. The van der Waals surface area contributed by atoms with Gasteiger partial charge in [-0.25, -0.2) is 0 Å². The van der Waals surface area contributed by atoms with E-state index in [0.29, 0.717) is 17.8 Å². The van der Waals surface area contributed by atoms with Crippen LogP contribution in [0.1, 0.15) is 49.9 Å². The topological polar surface area (TPSA) is 38.5 Å². The van der Waals surface area contributed by atoms with Gasteiger partial charge in [0.25, 0.3) is 0 Å². The number of nitrogens with two attached hydrogens (primary N) is 1. The molecule has 3 nitrogen and oxygen atoms in total. The summed E-state index contributed by atoms with van der Waals surface area (Å²) < 4.78 is 0. The second-order valence-corrected chi connectivity index (χ2v) is 6.80. The SMILES string of the molecule is CCc1ccc(C2C=C(N)ON2C(C)CC(C)C)s1. The van der Waals surface area contributed by atoms with E-state index in [1.165, 1.54) is 9.75 Å². The lowest BCUT2D eigenvalue weighted by molar-refractivity contribution is -0.150. The molecule has 2 rings (SSSR count). The van der Waals surface area contributed by atoms with E-state index in [0.717, 1.165) is 12.8 Å². The second-order valence-electron chi connectivity index (χ2n) is 5.60. The van der Waals surface area contributed by atoms with Crippen molar-refractivity contribution in [3.8, 4) is 0 Å². The second kappa shape index (κ2) is 5.97. The summed E-state index contributed by atoms with van der Waals surface area (Å²) in [5, 5.41) is 2.04. The Kier molecular flexibility index (Phi) is 4.53. The Balaban J connectivity index is 2.16. The van der Waals surface area contributed by atoms with Gasteiger partial charge in [0.2, 0.25) is 5.88 Å². The molecule has 19 heavy (non-hydrogen) atoms. The Bertz CT molecular complexity index is 453. The van der Waals surface area contributed by atoms with Crippen molar-refractivity contribution in [1.82, 2.24) is 5.06 Å². The number of thiophene rings is 1. The lowest BCUT2D eigenvalue weighted by atomic mass is 10.0. The first kappa shape index (κ1) is 14.4. The first-order valence-electron chi connectivity index (χ1n) is 7.03. The molecule has 0 aromatic carbocycles. The lowest BCUT2D eigenvalue weighted by Crippen LogP contribution is -2.33. The Morgan fingerprint density at radius 1 is 1.37 bits per heavy atom. The molecule has 1 aliphatic heterocycles. The Hall–Kier alpha value is -1.00. The molecule has 0 bridgehead atoms. The molecule has 4 heteroatoms. The summed E-state index contributed by atoms with van der Waals surface area (Å²) in [7, 11) is 0. The third-order valence-electron chi connectivity index (χ3n) is 3.38. The number of aryl methyl sites for hydroxylation is 1. The highest BCUT2D eigenvalue weighted by atomic mass is 32.1. The van der Waals surface area contributed by atoms with Gasteiger partial charge in [0.1, 0.15) is 6.04 Å². The minimum Gasteiger partial charge on any atom is -0.387 e. The fraction of sp³-hybridized carbons (Fsp3) is 0.600. The molecule has 1 aromatic heterocycles. The van der Waals surface area contributed by atoms with Gasteiger partial charge in [0.05, 0.1) is 0 Å². The van der Waals surface area contributed by atoms with E-state index in [2.05, 4.69) is 39.8 Å². The van der Waals surface area contributed by atoms with Crippen LogP contribution in [0.2, 0.25) is 0 Å². The number of hydrogen-bond donors (Lipinski definition) is 1. The summed E-state index contributed by atoms with van der Waals surface area (Å²) in [6.07, 6.45) is 4.20. The maximum absolute atomic E-state index is 5.86. The molecule has 0 spiro atoms. The molecule has 2 unspecified atom stereocenters. The monoisotopic (exact) mass is 280 g/mol. The van der Waals surface area contributed by atoms with Gasteiger partial charge in [-0.3, -0.25) is 0 Å². The average molecular weight is 280 g/mol. The summed E-state index contributed by atoms with van der Waals surface area (Å²) in [6, 6.07) is 4.92. The van der Waals surface area contributed by atoms with E-state index in [1.807, 2.05) is 22.5 Å². The van der Waals surface area contributed by atoms with E-state index in [4.69, 9.17) is 10.6 Å². The summed E-state index contributed by atoms with van der Waals surface area (Å²) in [6.45, 7) is 8.86. The van der Waals surface area contributed by atoms with Crippen LogP contribution in [-0.2, 0) is 11.3 Å². The zero-order valence-electron chi connectivity index (χ0n) is 12.2. The van der Waals surface area contributed by atoms with Crippen LogP contribution in [0.15, 0.2) is 24.1 Å². The molecular formula is C15H24N2OS.